The van der Waals surface area contributed by atoms with Crippen LogP contribution in [0.15, 0.2) is 18.2 Å². The maximum absolute atomic E-state index is 13.1. The van der Waals surface area contributed by atoms with Crippen LogP contribution in [0.4, 0.5) is 4.39 Å². The Bertz CT molecular complexity index is 404. The summed E-state index contributed by atoms with van der Waals surface area (Å²) in [7, 11) is 0. The van der Waals surface area contributed by atoms with Crippen LogP contribution in [-0.4, -0.2) is 12.6 Å². The van der Waals surface area contributed by atoms with Gasteiger partial charge >= 0.3 is 0 Å². The first-order valence-electron chi connectivity index (χ1n) is 7.01. The van der Waals surface area contributed by atoms with E-state index in [4.69, 9.17) is 11.6 Å². The van der Waals surface area contributed by atoms with Crippen LogP contribution in [-0.2, 0) is 6.42 Å². The Hall–Kier alpha value is -0.600. The average Bonchev–Trinajstić information content (AvgIpc) is 2.30. The molecular weight excluding hydrogens is 261 g/mol. The highest BCUT2D eigenvalue weighted by atomic mass is 35.5. The molecule has 1 rings (SSSR count). The van der Waals surface area contributed by atoms with Gasteiger partial charge < -0.3 is 5.32 Å². The van der Waals surface area contributed by atoms with Crippen molar-refractivity contribution in [1.29, 1.82) is 0 Å². The molecule has 0 amide bonds. The van der Waals surface area contributed by atoms with Crippen LogP contribution in [0.5, 0.6) is 0 Å². The number of benzene rings is 1. The molecule has 0 aromatic heterocycles. The Balaban J connectivity index is 2.60. The number of rotatable bonds is 7. The van der Waals surface area contributed by atoms with Gasteiger partial charge in [0, 0.05) is 6.04 Å². The molecule has 0 fully saturated rings. The molecule has 0 radical (unpaired) electrons. The third-order valence-electron chi connectivity index (χ3n) is 3.27. The fourth-order valence-electron chi connectivity index (χ4n) is 2.57. The van der Waals surface area contributed by atoms with Crippen LogP contribution in [0.25, 0.3) is 0 Å². The maximum atomic E-state index is 13.1. The molecule has 1 unspecified atom stereocenters. The number of hydrogen-bond donors (Lipinski definition) is 1. The van der Waals surface area contributed by atoms with Crippen molar-refractivity contribution >= 4 is 11.6 Å². The van der Waals surface area contributed by atoms with Gasteiger partial charge in [-0.15, -0.1) is 0 Å². The van der Waals surface area contributed by atoms with Gasteiger partial charge in [0.1, 0.15) is 5.82 Å². The van der Waals surface area contributed by atoms with E-state index >= 15 is 0 Å². The second-order valence-electron chi connectivity index (χ2n) is 6.15. The molecule has 0 bridgehead atoms. The maximum Gasteiger partial charge on any atom is 0.141 e. The Labute approximate surface area is 121 Å². The first-order valence-corrected chi connectivity index (χ1v) is 7.39. The summed E-state index contributed by atoms with van der Waals surface area (Å²) in [5.41, 5.74) is 1.26. The normalized spacial score (nSPS) is 13.6. The zero-order chi connectivity index (χ0) is 14.5. The molecule has 1 aromatic rings. The van der Waals surface area contributed by atoms with Crippen LogP contribution >= 0.6 is 11.6 Å². The van der Waals surface area contributed by atoms with Gasteiger partial charge in [0.25, 0.3) is 0 Å². The van der Waals surface area contributed by atoms with Gasteiger partial charge in [-0.1, -0.05) is 38.4 Å². The minimum absolute atomic E-state index is 0.168. The van der Waals surface area contributed by atoms with Gasteiger partial charge in [0.15, 0.2) is 0 Å². The summed E-state index contributed by atoms with van der Waals surface area (Å²) < 4.78 is 13.1. The second-order valence-corrected chi connectivity index (χ2v) is 6.56. The molecule has 0 spiro atoms. The molecule has 0 aliphatic heterocycles. The molecule has 0 aliphatic rings. The molecule has 1 N–H and O–H groups in total. The lowest BCUT2D eigenvalue weighted by Crippen LogP contribution is -2.32. The number of halogens is 2. The standard InChI is InChI=1S/C16H25ClFN/c1-5-8-19-12(2)10-16(3,4)11-13-6-7-15(18)14(17)9-13/h6-7,9,12,19H,5,8,10-11H2,1-4H3. The Morgan fingerprint density at radius 1 is 1.37 bits per heavy atom. The smallest absolute Gasteiger partial charge is 0.141 e. The predicted molar refractivity (Wildman–Crippen MR) is 81.3 cm³/mol. The summed E-state index contributed by atoms with van der Waals surface area (Å²) >= 11 is 5.83. The molecule has 3 heteroatoms. The number of nitrogens with one attached hydrogen (secondary N) is 1. The van der Waals surface area contributed by atoms with E-state index in [1.807, 2.05) is 6.07 Å². The van der Waals surface area contributed by atoms with Gasteiger partial charge in [-0.05, 0) is 55.8 Å². The summed E-state index contributed by atoms with van der Waals surface area (Å²) in [6, 6.07) is 5.51. The zero-order valence-electron chi connectivity index (χ0n) is 12.4. The van der Waals surface area contributed by atoms with Gasteiger partial charge in [-0.25, -0.2) is 4.39 Å². The number of hydrogen-bond acceptors (Lipinski definition) is 1. The zero-order valence-corrected chi connectivity index (χ0v) is 13.1. The first kappa shape index (κ1) is 16.5. The Morgan fingerprint density at radius 2 is 2.05 bits per heavy atom. The monoisotopic (exact) mass is 285 g/mol. The molecule has 0 aliphatic carbocycles. The lowest BCUT2D eigenvalue weighted by atomic mass is 9.80. The van der Waals surface area contributed by atoms with Crippen LogP contribution in [0.2, 0.25) is 5.02 Å². The van der Waals surface area contributed by atoms with E-state index in [-0.39, 0.29) is 16.3 Å². The summed E-state index contributed by atoms with van der Waals surface area (Å²) in [5.74, 6) is -0.346. The highest BCUT2D eigenvalue weighted by Gasteiger charge is 2.21. The largest absolute Gasteiger partial charge is 0.314 e. The van der Waals surface area contributed by atoms with Gasteiger partial charge in [0.05, 0.1) is 5.02 Å². The topological polar surface area (TPSA) is 12.0 Å². The van der Waals surface area contributed by atoms with Crippen LogP contribution in [0.3, 0.4) is 0 Å². The fourth-order valence-corrected chi connectivity index (χ4v) is 2.77. The Morgan fingerprint density at radius 3 is 2.63 bits per heavy atom. The van der Waals surface area contributed by atoms with E-state index in [0.717, 1.165) is 31.4 Å². The quantitative estimate of drug-likeness (QED) is 0.757. The third-order valence-corrected chi connectivity index (χ3v) is 3.56. The molecule has 19 heavy (non-hydrogen) atoms. The van der Waals surface area contributed by atoms with Crippen molar-refractivity contribution in [2.24, 2.45) is 5.41 Å². The summed E-state index contributed by atoms with van der Waals surface area (Å²) in [5, 5.41) is 3.72. The third kappa shape index (κ3) is 5.92. The minimum atomic E-state index is -0.346. The van der Waals surface area contributed by atoms with Crippen molar-refractivity contribution in [1.82, 2.24) is 5.32 Å². The van der Waals surface area contributed by atoms with E-state index in [9.17, 15) is 4.39 Å². The van der Waals surface area contributed by atoms with Gasteiger partial charge in [0.2, 0.25) is 0 Å². The average molecular weight is 286 g/mol. The van der Waals surface area contributed by atoms with Crippen LogP contribution in [0.1, 0.15) is 46.1 Å². The van der Waals surface area contributed by atoms with E-state index in [0.29, 0.717) is 6.04 Å². The molecule has 0 heterocycles. The fraction of sp³-hybridized carbons (Fsp3) is 0.625. The summed E-state index contributed by atoms with van der Waals surface area (Å²) in [6.45, 7) is 9.93. The van der Waals surface area contributed by atoms with Crippen molar-refractivity contribution in [3.05, 3.63) is 34.6 Å². The van der Waals surface area contributed by atoms with E-state index < -0.39 is 0 Å². The van der Waals surface area contributed by atoms with Crippen LogP contribution < -0.4 is 5.32 Å². The lowest BCUT2D eigenvalue weighted by Gasteiger charge is -2.29. The highest BCUT2D eigenvalue weighted by Crippen LogP contribution is 2.29. The van der Waals surface area contributed by atoms with Crippen LogP contribution in [0, 0.1) is 11.2 Å². The summed E-state index contributed by atoms with van der Waals surface area (Å²) in [4.78, 5) is 0. The molecule has 1 nitrogen and oxygen atoms in total. The van der Waals surface area contributed by atoms with Crippen molar-refractivity contribution in [2.45, 2.75) is 53.0 Å². The Kier molecular flexibility index (Phi) is 6.28. The van der Waals surface area contributed by atoms with Crippen molar-refractivity contribution in [3.63, 3.8) is 0 Å². The second kappa shape index (κ2) is 7.25. The van der Waals surface area contributed by atoms with E-state index in [1.165, 1.54) is 6.07 Å². The molecule has 108 valence electrons. The molecule has 1 atom stereocenters. The minimum Gasteiger partial charge on any atom is -0.314 e. The van der Waals surface area contributed by atoms with E-state index in [1.54, 1.807) is 6.07 Å². The van der Waals surface area contributed by atoms with Gasteiger partial charge in [-0.3, -0.25) is 0 Å². The summed E-state index contributed by atoms with van der Waals surface area (Å²) in [6.07, 6.45) is 3.14. The predicted octanol–water partition coefficient (Wildman–Crippen LogP) is 4.83. The first-order chi connectivity index (χ1) is 8.84. The SMILES string of the molecule is CCCNC(C)CC(C)(C)Cc1ccc(F)c(Cl)c1. The molecule has 0 saturated carbocycles. The molecule has 1 aromatic carbocycles. The van der Waals surface area contributed by atoms with Crippen molar-refractivity contribution in [2.75, 3.05) is 6.54 Å². The lowest BCUT2D eigenvalue weighted by molar-refractivity contribution is 0.287. The van der Waals surface area contributed by atoms with Crippen molar-refractivity contribution in [3.8, 4) is 0 Å². The highest BCUT2D eigenvalue weighted by molar-refractivity contribution is 6.30. The molecule has 0 saturated heterocycles. The van der Waals surface area contributed by atoms with Crippen molar-refractivity contribution < 1.29 is 4.39 Å². The molecular formula is C16H25ClFN. The van der Waals surface area contributed by atoms with E-state index in [2.05, 4.69) is 33.0 Å². The van der Waals surface area contributed by atoms with Gasteiger partial charge in [-0.2, -0.15) is 0 Å².